The number of phenolic OH excluding ortho intramolecular Hbond substituents is 2. The van der Waals surface area contributed by atoms with E-state index in [0.717, 1.165) is 10.0 Å². The van der Waals surface area contributed by atoms with Crippen molar-refractivity contribution in [3.05, 3.63) is 58.1 Å². The highest BCUT2D eigenvalue weighted by molar-refractivity contribution is 9.10. The molecule has 0 atom stereocenters. The molecule has 0 radical (unpaired) electrons. The Labute approximate surface area is 118 Å². The van der Waals surface area contributed by atoms with Crippen molar-refractivity contribution in [2.45, 2.75) is 6.54 Å². The summed E-state index contributed by atoms with van der Waals surface area (Å²) in [4.78, 5) is 11.9. The number of benzene rings is 2. The topological polar surface area (TPSA) is 69.6 Å². The van der Waals surface area contributed by atoms with Crippen molar-refractivity contribution in [2.24, 2.45) is 0 Å². The van der Waals surface area contributed by atoms with E-state index in [2.05, 4.69) is 21.2 Å². The van der Waals surface area contributed by atoms with Crippen LogP contribution in [0.15, 0.2) is 46.9 Å². The maximum absolute atomic E-state index is 11.9. The molecular weight excluding hydrogens is 310 g/mol. The molecule has 0 fully saturated rings. The number of carbonyl (C=O) groups excluding carboxylic acids is 1. The molecule has 4 nitrogen and oxygen atoms in total. The van der Waals surface area contributed by atoms with Crippen molar-refractivity contribution < 1.29 is 15.0 Å². The molecule has 0 saturated carbocycles. The highest BCUT2D eigenvalue weighted by Crippen LogP contribution is 2.21. The van der Waals surface area contributed by atoms with Gasteiger partial charge in [0.15, 0.2) is 0 Å². The Hall–Kier alpha value is -2.01. The lowest BCUT2D eigenvalue weighted by Crippen LogP contribution is -2.22. The molecule has 0 saturated heterocycles. The molecule has 0 bridgehead atoms. The summed E-state index contributed by atoms with van der Waals surface area (Å²) in [6.07, 6.45) is 0. The summed E-state index contributed by atoms with van der Waals surface area (Å²) in [5.41, 5.74) is 0.994. The van der Waals surface area contributed by atoms with Crippen LogP contribution >= 0.6 is 15.9 Å². The smallest absolute Gasteiger partial charge is 0.255 e. The second-order valence-corrected chi connectivity index (χ2v) is 4.93. The molecule has 0 spiro atoms. The first-order chi connectivity index (χ1) is 9.06. The Balaban J connectivity index is 2.05. The summed E-state index contributed by atoms with van der Waals surface area (Å²) < 4.78 is 0.966. The van der Waals surface area contributed by atoms with Gasteiger partial charge in [-0.15, -0.1) is 0 Å². The number of hydrogen-bond donors (Lipinski definition) is 3. The number of aromatic hydroxyl groups is 2. The van der Waals surface area contributed by atoms with Crippen molar-refractivity contribution in [1.29, 1.82) is 0 Å². The molecule has 0 aliphatic rings. The van der Waals surface area contributed by atoms with Gasteiger partial charge in [-0.1, -0.05) is 28.1 Å². The van der Waals surface area contributed by atoms with Crippen LogP contribution in [0.4, 0.5) is 0 Å². The summed E-state index contributed by atoms with van der Waals surface area (Å²) >= 11 is 3.33. The van der Waals surface area contributed by atoms with E-state index < -0.39 is 5.91 Å². The lowest BCUT2D eigenvalue weighted by Gasteiger charge is -2.07. The van der Waals surface area contributed by atoms with Crippen LogP contribution in [0.5, 0.6) is 11.5 Å². The molecule has 0 aliphatic carbocycles. The zero-order valence-corrected chi connectivity index (χ0v) is 11.5. The van der Waals surface area contributed by atoms with E-state index in [1.54, 1.807) is 0 Å². The number of rotatable bonds is 3. The van der Waals surface area contributed by atoms with E-state index in [4.69, 9.17) is 0 Å². The molecule has 19 heavy (non-hydrogen) atoms. The fourth-order valence-electron chi connectivity index (χ4n) is 1.59. The first kappa shape index (κ1) is 13.4. The van der Waals surface area contributed by atoms with Crippen LogP contribution in [0.1, 0.15) is 15.9 Å². The minimum Gasteiger partial charge on any atom is -0.508 e. The molecule has 0 aliphatic heterocycles. The van der Waals surface area contributed by atoms with Crippen LogP contribution in [0.25, 0.3) is 0 Å². The Morgan fingerprint density at radius 2 is 1.79 bits per heavy atom. The van der Waals surface area contributed by atoms with Gasteiger partial charge in [-0.3, -0.25) is 4.79 Å². The van der Waals surface area contributed by atoms with Gasteiger partial charge in [0.05, 0.1) is 5.56 Å². The van der Waals surface area contributed by atoms with Gasteiger partial charge in [0, 0.05) is 11.0 Å². The third-order valence-electron chi connectivity index (χ3n) is 2.59. The molecule has 98 valence electrons. The first-order valence-corrected chi connectivity index (χ1v) is 6.40. The first-order valence-electron chi connectivity index (χ1n) is 5.61. The fraction of sp³-hybridized carbons (Fsp3) is 0.0714. The van der Waals surface area contributed by atoms with E-state index in [9.17, 15) is 15.0 Å². The molecule has 5 heteroatoms. The monoisotopic (exact) mass is 321 g/mol. The zero-order valence-electron chi connectivity index (χ0n) is 9.93. The Bertz CT molecular complexity index is 596. The van der Waals surface area contributed by atoms with E-state index in [1.807, 2.05) is 24.3 Å². The van der Waals surface area contributed by atoms with E-state index in [-0.39, 0.29) is 17.1 Å². The largest absolute Gasteiger partial charge is 0.508 e. The molecule has 0 aromatic heterocycles. The van der Waals surface area contributed by atoms with Gasteiger partial charge in [-0.05, 0) is 35.9 Å². The number of hydrogen-bond acceptors (Lipinski definition) is 3. The van der Waals surface area contributed by atoms with Crippen LogP contribution < -0.4 is 5.32 Å². The predicted octanol–water partition coefficient (Wildman–Crippen LogP) is 2.79. The summed E-state index contributed by atoms with van der Waals surface area (Å²) in [6, 6.07) is 11.4. The normalized spacial score (nSPS) is 10.2. The maximum Gasteiger partial charge on any atom is 0.255 e. The predicted molar refractivity (Wildman–Crippen MR) is 75.1 cm³/mol. The van der Waals surface area contributed by atoms with Gasteiger partial charge in [-0.2, -0.15) is 0 Å². The van der Waals surface area contributed by atoms with E-state index in [0.29, 0.717) is 6.54 Å². The van der Waals surface area contributed by atoms with Gasteiger partial charge >= 0.3 is 0 Å². The molecule has 0 unspecified atom stereocenters. The molecule has 0 heterocycles. The van der Waals surface area contributed by atoms with Gasteiger partial charge in [0.25, 0.3) is 5.91 Å². The van der Waals surface area contributed by atoms with Crippen LogP contribution in [-0.2, 0) is 6.54 Å². The lowest BCUT2D eigenvalue weighted by atomic mass is 10.1. The average molecular weight is 322 g/mol. The molecule has 2 rings (SSSR count). The third-order valence-corrected chi connectivity index (χ3v) is 3.12. The van der Waals surface area contributed by atoms with Crippen molar-refractivity contribution in [3.63, 3.8) is 0 Å². The Morgan fingerprint density at radius 3 is 2.47 bits per heavy atom. The van der Waals surface area contributed by atoms with Gasteiger partial charge in [-0.25, -0.2) is 0 Å². The molecular formula is C14H12BrNO3. The van der Waals surface area contributed by atoms with Gasteiger partial charge in [0.1, 0.15) is 11.5 Å². The second-order valence-electron chi connectivity index (χ2n) is 4.01. The Kier molecular flexibility index (Phi) is 4.06. The number of phenols is 2. The number of halogens is 1. The zero-order chi connectivity index (χ0) is 13.8. The van der Waals surface area contributed by atoms with Crippen LogP contribution in [0.3, 0.4) is 0 Å². The van der Waals surface area contributed by atoms with Crippen LogP contribution in [0, 0.1) is 0 Å². The number of nitrogens with one attached hydrogen (secondary N) is 1. The third kappa shape index (κ3) is 3.48. The van der Waals surface area contributed by atoms with E-state index in [1.165, 1.54) is 18.2 Å². The van der Waals surface area contributed by atoms with Gasteiger partial charge < -0.3 is 15.5 Å². The average Bonchev–Trinajstić information content (AvgIpc) is 2.40. The van der Waals surface area contributed by atoms with Crippen LogP contribution in [0.2, 0.25) is 0 Å². The summed E-state index contributed by atoms with van der Waals surface area (Å²) in [5, 5.41) is 21.5. The second kappa shape index (κ2) is 5.75. The van der Waals surface area contributed by atoms with Gasteiger partial charge in [0.2, 0.25) is 0 Å². The number of amides is 1. The summed E-state index contributed by atoms with van der Waals surface area (Å²) in [5.74, 6) is -0.658. The molecule has 2 aromatic carbocycles. The minimum absolute atomic E-state index is 0.0529. The molecule has 2 aromatic rings. The van der Waals surface area contributed by atoms with E-state index >= 15 is 0 Å². The van der Waals surface area contributed by atoms with Crippen molar-refractivity contribution in [2.75, 3.05) is 0 Å². The molecule has 1 amide bonds. The quantitative estimate of drug-likeness (QED) is 0.761. The van der Waals surface area contributed by atoms with Crippen molar-refractivity contribution in [1.82, 2.24) is 5.32 Å². The highest BCUT2D eigenvalue weighted by Gasteiger charge is 2.11. The SMILES string of the molecule is O=C(NCc1ccc(Br)cc1)c1cc(O)ccc1O. The maximum atomic E-state index is 11.9. The molecule has 3 N–H and O–H groups in total. The number of carbonyl (C=O) groups is 1. The highest BCUT2D eigenvalue weighted by atomic mass is 79.9. The minimum atomic E-state index is -0.434. The summed E-state index contributed by atoms with van der Waals surface area (Å²) in [6.45, 7) is 0.348. The van der Waals surface area contributed by atoms with Crippen molar-refractivity contribution >= 4 is 21.8 Å². The van der Waals surface area contributed by atoms with Crippen molar-refractivity contribution in [3.8, 4) is 11.5 Å². The Morgan fingerprint density at radius 1 is 1.11 bits per heavy atom. The standard InChI is InChI=1S/C14H12BrNO3/c15-10-3-1-9(2-4-10)8-16-14(19)12-7-11(17)5-6-13(12)18/h1-7,17-18H,8H2,(H,16,19). The summed E-state index contributed by atoms with van der Waals surface area (Å²) in [7, 11) is 0. The van der Waals surface area contributed by atoms with Crippen LogP contribution in [-0.4, -0.2) is 16.1 Å². The fourth-order valence-corrected chi connectivity index (χ4v) is 1.85. The lowest BCUT2D eigenvalue weighted by molar-refractivity contribution is 0.0948.